The fraction of sp³-hybridized carbons (Fsp3) is 0.692. The molecule has 1 fully saturated rings. The molecule has 0 aromatic carbocycles. The molecule has 1 saturated heterocycles. The van der Waals surface area contributed by atoms with Crippen LogP contribution in [0.2, 0.25) is 0 Å². The molecule has 2 heterocycles. The van der Waals surface area contributed by atoms with Gasteiger partial charge in [-0.25, -0.2) is 12.7 Å². The van der Waals surface area contributed by atoms with Crippen LogP contribution in [0.5, 0.6) is 0 Å². The molecule has 0 spiro atoms. The summed E-state index contributed by atoms with van der Waals surface area (Å²) in [7, 11) is -3.11. The molecule has 1 N–H and O–H groups in total. The van der Waals surface area contributed by atoms with Gasteiger partial charge in [0, 0.05) is 18.0 Å². The standard InChI is InChI=1S/C13H21NO3S2/c1-13(15,12-6-4-8-18-12)9-11-5-3-7-14(10-11)19(2,16)17/h4,6,8,11,15H,3,5,7,9-10H2,1-2H3. The van der Waals surface area contributed by atoms with Crippen LogP contribution in [0, 0.1) is 5.92 Å². The Labute approximate surface area is 119 Å². The minimum atomic E-state index is -3.11. The van der Waals surface area contributed by atoms with E-state index in [-0.39, 0.29) is 5.92 Å². The molecule has 1 aliphatic heterocycles. The normalized spacial score (nSPS) is 25.1. The molecular formula is C13H21NO3S2. The van der Waals surface area contributed by atoms with Crippen LogP contribution in [0.1, 0.15) is 31.1 Å². The van der Waals surface area contributed by atoms with Crippen LogP contribution in [-0.4, -0.2) is 37.2 Å². The van der Waals surface area contributed by atoms with Crippen molar-refractivity contribution in [3.8, 4) is 0 Å². The van der Waals surface area contributed by atoms with Crippen molar-refractivity contribution in [3.05, 3.63) is 22.4 Å². The van der Waals surface area contributed by atoms with Crippen LogP contribution in [0.25, 0.3) is 0 Å². The minimum absolute atomic E-state index is 0.223. The number of nitrogens with zero attached hydrogens (tertiary/aromatic N) is 1. The molecule has 1 aromatic rings. The monoisotopic (exact) mass is 303 g/mol. The van der Waals surface area contributed by atoms with Crippen LogP contribution in [0.15, 0.2) is 17.5 Å². The van der Waals surface area contributed by atoms with E-state index in [0.29, 0.717) is 19.5 Å². The number of piperidine rings is 1. The zero-order chi connectivity index (χ0) is 14.1. The summed E-state index contributed by atoms with van der Waals surface area (Å²) in [5.74, 6) is 0.223. The summed E-state index contributed by atoms with van der Waals surface area (Å²) < 4.78 is 24.7. The first-order valence-corrected chi connectivity index (χ1v) is 9.23. The van der Waals surface area contributed by atoms with Gasteiger partial charge < -0.3 is 5.11 Å². The van der Waals surface area contributed by atoms with Gasteiger partial charge in [-0.2, -0.15) is 0 Å². The maximum atomic E-state index is 11.6. The highest BCUT2D eigenvalue weighted by Crippen LogP contribution is 2.34. The third-order valence-electron chi connectivity index (χ3n) is 3.69. The van der Waals surface area contributed by atoms with Gasteiger partial charge in [0.2, 0.25) is 10.0 Å². The second-order valence-corrected chi connectivity index (χ2v) is 8.51. The van der Waals surface area contributed by atoms with Crippen molar-refractivity contribution in [2.45, 2.75) is 31.8 Å². The fourth-order valence-electron chi connectivity index (χ4n) is 2.74. The molecule has 4 nitrogen and oxygen atoms in total. The maximum absolute atomic E-state index is 11.6. The smallest absolute Gasteiger partial charge is 0.211 e. The van der Waals surface area contributed by atoms with Gasteiger partial charge in [-0.3, -0.25) is 0 Å². The van der Waals surface area contributed by atoms with E-state index in [9.17, 15) is 13.5 Å². The second-order valence-electron chi connectivity index (χ2n) is 5.58. The predicted octanol–water partition coefficient (Wildman–Crippen LogP) is 2.02. The van der Waals surface area contributed by atoms with Crippen LogP contribution < -0.4 is 0 Å². The van der Waals surface area contributed by atoms with E-state index in [4.69, 9.17) is 0 Å². The Kier molecular flexibility index (Phi) is 4.35. The first-order valence-electron chi connectivity index (χ1n) is 6.50. The first-order chi connectivity index (χ1) is 8.79. The van der Waals surface area contributed by atoms with E-state index in [1.165, 1.54) is 10.6 Å². The zero-order valence-corrected chi connectivity index (χ0v) is 13.0. The van der Waals surface area contributed by atoms with Gasteiger partial charge >= 0.3 is 0 Å². The summed E-state index contributed by atoms with van der Waals surface area (Å²) in [6, 6.07) is 3.86. The molecule has 0 amide bonds. The van der Waals surface area contributed by atoms with Crippen molar-refractivity contribution in [2.24, 2.45) is 5.92 Å². The van der Waals surface area contributed by atoms with Gasteiger partial charge in [0.25, 0.3) is 0 Å². The molecule has 108 valence electrons. The van der Waals surface area contributed by atoms with Gasteiger partial charge in [0.15, 0.2) is 0 Å². The number of hydrogen-bond acceptors (Lipinski definition) is 4. The maximum Gasteiger partial charge on any atom is 0.211 e. The quantitative estimate of drug-likeness (QED) is 0.926. The average molecular weight is 303 g/mol. The highest BCUT2D eigenvalue weighted by molar-refractivity contribution is 7.88. The Morgan fingerprint density at radius 2 is 2.32 bits per heavy atom. The SMILES string of the molecule is CC(O)(CC1CCCN(S(C)(=O)=O)C1)c1cccs1. The molecule has 1 aliphatic rings. The molecule has 0 radical (unpaired) electrons. The Bertz CT molecular complexity index is 508. The lowest BCUT2D eigenvalue weighted by atomic mass is 9.86. The molecule has 0 saturated carbocycles. The van der Waals surface area contributed by atoms with Gasteiger partial charge in [-0.1, -0.05) is 6.07 Å². The molecule has 0 bridgehead atoms. The Balaban J connectivity index is 2.03. The second kappa shape index (κ2) is 5.52. The predicted molar refractivity (Wildman–Crippen MR) is 77.6 cm³/mol. The molecule has 0 aliphatic carbocycles. The number of sulfonamides is 1. The number of thiophene rings is 1. The van der Waals surface area contributed by atoms with E-state index in [0.717, 1.165) is 17.7 Å². The Morgan fingerprint density at radius 3 is 2.89 bits per heavy atom. The van der Waals surface area contributed by atoms with E-state index < -0.39 is 15.6 Å². The molecular weight excluding hydrogens is 282 g/mol. The minimum Gasteiger partial charge on any atom is -0.385 e. The molecule has 19 heavy (non-hydrogen) atoms. The van der Waals surface area contributed by atoms with E-state index in [1.54, 1.807) is 11.3 Å². The third kappa shape index (κ3) is 3.78. The largest absolute Gasteiger partial charge is 0.385 e. The highest BCUT2D eigenvalue weighted by atomic mass is 32.2. The summed E-state index contributed by atoms with van der Waals surface area (Å²) in [6.07, 6.45) is 3.72. The van der Waals surface area contributed by atoms with Crippen molar-refractivity contribution >= 4 is 21.4 Å². The lowest BCUT2D eigenvalue weighted by molar-refractivity contribution is 0.0244. The molecule has 6 heteroatoms. The summed E-state index contributed by atoms with van der Waals surface area (Å²) in [4.78, 5) is 0.948. The van der Waals surface area contributed by atoms with Crippen molar-refractivity contribution in [2.75, 3.05) is 19.3 Å². The van der Waals surface area contributed by atoms with Crippen LogP contribution in [-0.2, 0) is 15.6 Å². The highest BCUT2D eigenvalue weighted by Gasteiger charge is 2.33. The number of hydrogen-bond donors (Lipinski definition) is 1. The van der Waals surface area contributed by atoms with E-state index in [1.807, 2.05) is 24.4 Å². The summed E-state index contributed by atoms with van der Waals surface area (Å²) in [6.45, 7) is 2.95. The Hall–Kier alpha value is -0.430. The topological polar surface area (TPSA) is 57.6 Å². The molecule has 1 aromatic heterocycles. The van der Waals surface area contributed by atoms with E-state index >= 15 is 0 Å². The fourth-order valence-corrected chi connectivity index (χ4v) is 4.48. The average Bonchev–Trinajstić information content (AvgIpc) is 2.81. The van der Waals surface area contributed by atoms with Gasteiger partial charge in [-0.15, -0.1) is 11.3 Å². The van der Waals surface area contributed by atoms with Crippen molar-refractivity contribution in [3.63, 3.8) is 0 Å². The molecule has 2 rings (SSSR count). The summed E-state index contributed by atoms with van der Waals surface area (Å²) in [5, 5.41) is 12.5. The lowest BCUT2D eigenvalue weighted by Gasteiger charge is -2.34. The van der Waals surface area contributed by atoms with E-state index in [2.05, 4.69) is 0 Å². The lowest BCUT2D eigenvalue weighted by Crippen LogP contribution is -2.41. The van der Waals surface area contributed by atoms with Gasteiger partial charge in [-0.05, 0) is 43.6 Å². The van der Waals surface area contributed by atoms with Crippen LogP contribution in [0.4, 0.5) is 0 Å². The molecule has 2 unspecified atom stereocenters. The van der Waals surface area contributed by atoms with Gasteiger partial charge in [0.05, 0.1) is 11.9 Å². The summed E-state index contributed by atoms with van der Waals surface area (Å²) >= 11 is 1.54. The van der Waals surface area contributed by atoms with Crippen LogP contribution in [0.3, 0.4) is 0 Å². The van der Waals surface area contributed by atoms with Crippen molar-refractivity contribution < 1.29 is 13.5 Å². The van der Waals surface area contributed by atoms with Crippen LogP contribution >= 0.6 is 11.3 Å². The first kappa shape index (κ1) is 15.0. The third-order valence-corrected chi connectivity index (χ3v) is 6.08. The van der Waals surface area contributed by atoms with Crippen molar-refractivity contribution in [1.29, 1.82) is 0 Å². The van der Waals surface area contributed by atoms with Gasteiger partial charge in [0.1, 0.15) is 0 Å². The Morgan fingerprint density at radius 1 is 1.58 bits per heavy atom. The zero-order valence-electron chi connectivity index (χ0n) is 11.4. The number of rotatable bonds is 4. The number of aliphatic hydroxyl groups is 1. The van der Waals surface area contributed by atoms with Crippen molar-refractivity contribution in [1.82, 2.24) is 4.31 Å². The summed E-state index contributed by atoms with van der Waals surface area (Å²) in [5.41, 5.74) is -0.862. The molecule has 2 atom stereocenters.